The van der Waals surface area contributed by atoms with Crippen molar-refractivity contribution < 1.29 is 13.2 Å². The molecule has 16 heavy (non-hydrogen) atoms. The Balaban J connectivity index is 2.75. The Morgan fingerprint density at radius 2 is 2.06 bits per heavy atom. The van der Waals surface area contributed by atoms with Gasteiger partial charge in [-0.1, -0.05) is 12.1 Å². The molecule has 88 valence electrons. The lowest BCUT2D eigenvalue weighted by Gasteiger charge is -2.06. The highest BCUT2D eigenvalue weighted by Crippen LogP contribution is 2.11. The zero-order valence-electron chi connectivity index (χ0n) is 9.15. The lowest BCUT2D eigenvalue weighted by molar-refractivity contribution is -0.119. The van der Waals surface area contributed by atoms with E-state index in [9.17, 15) is 13.2 Å². The summed E-state index contributed by atoms with van der Waals surface area (Å²) >= 11 is 0. The third kappa shape index (κ3) is 4.79. The maximum Gasteiger partial charge on any atom is 0.229 e. The fraction of sp³-hybridized carbons (Fsp3) is 0.300. The molecule has 0 unspecified atom stereocenters. The number of carbonyl (C=O) groups is 1. The average molecular weight is 242 g/mol. The van der Waals surface area contributed by atoms with Gasteiger partial charge in [-0.2, -0.15) is 0 Å². The van der Waals surface area contributed by atoms with E-state index < -0.39 is 10.0 Å². The molecule has 6 heteroatoms. The predicted octanol–water partition coefficient (Wildman–Crippen LogP) is 0.694. The topological polar surface area (TPSA) is 75.3 Å². The van der Waals surface area contributed by atoms with E-state index in [-0.39, 0.29) is 5.91 Å². The first-order valence-electron chi connectivity index (χ1n) is 4.68. The van der Waals surface area contributed by atoms with Crippen LogP contribution >= 0.6 is 0 Å². The highest BCUT2D eigenvalue weighted by atomic mass is 32.2. The second-order valence-electron chi connectivity index (χ2n) is 3.48. The fourth-order valence-electron chi connectivity index (χ4n) is 1.19. The van der Waals surface area contributed by atoms with Crippen LogP contribution < -0.4 is 10.0 Å². The zero-order chi connectivity index (χ0) is 12.2. The lowest BCUT2D eigenvalue weighted by atomic mass is 10.2. The molecule has 1 aromatic carbocycles. The zero-order valence-corrected chi connectivity index (χ0v) is 9.97. The number of sulfonamides is 1. The van der Waals surface area contributed by atoms with E-state index in [0.717, 1.165) is 11.8 Å². The van der Waals surface area contributed by atoms with Crippen LogP contribution in [0.25, 0.3) is 0 Å². The van der Waals surface area contributed by atoms with Gasteiger partial charge in [0.1, 0.15) is 0 Å². The van der Waals surface area contributed by atoms with Crippen LogP contribution in [0.1, 0.15) is 12.5 Å². The van der Waals surface area contributed by atoms with Gasteiger partial charge in [0.05, 0.1) is 6.26 Å². The number of anilines is 1. The predicted molar refractivity (Wildman–Crippen MR) is 62.4 cm³/mol. The first-order valence-corrected chi connectivity index (χ1v) is 6.57. The Labute approximate surface area is 94.9 Å². The van der Waals surface area contributed by atoms with Crippen molar-refractivity contribution in [3.63, 3.8) is 0 Å². The van der Waals surface area contributed by atoms with Crippen LogP contribution in [-0.2, 0) is 21.4 Å². The molecule has 0 saturated heterocycles. The standard InChI is InChI=1S/C10H14N2O3S/c1-8(13)11-7-9-4-3-5-10(6-9)12-16(2,14)15/h3-6,12H,7H2,1-2H3,(H,11,13). The number of carbonyl (C=O) groups excluding carboxylic acids is 1. The van der Waals surface area contributed by atoms with Gasteiger partial charge in [-0.3, -0.25) is 9.52 Å². The molecule has 0 saturated carbocycles. The monoisotopic (exact) mass is 242 g/mol. The summed E-state index contributed by atoms with van der Waals surface area (Å²) in [5.74, 6) is -0.124. The third-order valence-corrected chi connectivity index (χ3v) is 2.38. The molecule has 1 rings (SSSR count). The highest BCUT2D eigenvalue weighted by Gasteiger charge is 2.02. The molecule has 1 aromatic rings. The lowest BCUT2D eigenvalue weighted by Crippen LogP contribution is -2.19. The molecule has 5 nitrogen and oxygen atoms in total. The van der Waals surface area contributed by atoms with Crippen LogP contribution in [0.15, 0.2) is 24.3 Å². The van der Waals surface area contributed by atoms with E-state index in [1.165, 1.54) is 6.92 Å². The Morgan fingerprint density at radius 1 is 1.38 bits per heavy atom. The van der Waals surface area contributed by atoms with Crippen molar-refractivity contribution >= 4 is 21.6 Å². The van der Waals surface area contributed by atoms with Crippen LogP contribution in [0.5, 0.6) is 0 Å². The van der Waals surface area contributed by atoms with Gasteiger partial charge in [-0.25, -0.2) is 8.42 Å². The van der Waals surface area contributed by atoms with Gasteiger partial charge in [-0.05, 0) is 17.7 Å². The van der Waals surface area contributed by atoms with Crippen LogP contribution in [-0.4, -0.2) is 20.6 Å². The largest absolute Gasteiger partial charge is 0.352 e. The molecule has 0 spiro atoms. The Bertz CT molecular complexity index is 483. The molecular formula is C10H14N2O3S. The van der Waals surface area contributed by atoms with E-state index in [0.29, 0.717) is 12.2 Å². The second-order valence-corrected chi connectivity index (χ2v) is 5.23. The van der Waals surface area contributed by atoms with Gasteiger partial charge < -0.3 is 5.32 Å². The number of nitrogens with one attached hydrogen (secondary N) is 2. The van der Waals surface area contributed by atoms with E-state index in [2.05, 4.69) is 10.0 Å². The van der Waals surface area contributed by atoms with Crippen molar-refractivity contribution in [2.24, 2.45) is 0 Å². The first-order chi connectivity index (χ1) is 7.37. The van der Waals surface area contributed by atoms with Gasteiger partial charge in [0, 0.05) is 19.2 Å². The van der Waals surface area contributed by atoms with Crippen LogP contribution in [0, 0.1) is 0 Å². The molecule has 0 bridgehead atoms. The van der Waals surface area contributed by atoms with Gasteiger partial charge in [0.2, 0.25) is 15.9 Å². The van der Waals surface area contributed by atoms with E-state index in [4.69, 9.17) is 0 Å². The molecular weight excluding hydrogens is 228 g/mol. The van der Waals surface area contributed by atoms with Crippen molar-refractivity contribution in [1.29, 1.82) is 0 Å². The maximum atomic E-state index is 11.0. The molecule has 0 aliphatic rings. The smallest absolute Gasteiger partial charge is 0.229 e. The summed E-state index contributed by atoms with van der Waals surface area (Å²) in [7, 11) is -3.26. The SMILES string of the molecule is CC(=O)NCc1cccc(NS(C)(=O)=O)c1. The Kier molecular flexibility index (Phi) is 3.89. The number of hydrogen-bond acceptors (Lipinski definition) is 3. The minimum atomic E-state index is -3.26. The summed E-state index contributed by atoms with van der Waals surface area (Å²) in [6, 6.07) is 6.86. The Hall–Kier alpha value is -1.56. The first kappa shape index (κ1) is 12.5. The van der Waals surface area contributed by atoms with E-state index >= 15 is 0 Å². The normalized spacial score (nSPS) is 10.9. The van der Waals surface area contributed by atoms with Crippen LogP contribution in [0.2, 0.25) is 0 Å². The molecule has 2 N–H and O–H groups in total. The summed E-state index contributed by atoms with van der Waals surface area (Å²) in [5.41, 5.74) is 1.33. The molecule has 0 atom stereocenters. The minimum absolute atomic E-state index is 0.124. The number of hydrogen-bond donors (Lipinski definition) is 2. The van der Waals surface area contributed by atoms with Crippen molar-refractivity contribution in [2.75, 3.05) is 11.0 Å². The third-order valence-electron chi connectivity index (χ3n) is 1.77. The highest BCUT2D eigenvalue weighted by molar-refractivity contribution is 7.92. The Morgan fingerprint density at radius 3 is 2.62 bits per heavy atom. The molecule has 0 aliphatic heterocycles. The molecule has 0 aromatic heterocycles. The molecule has 0 heterocycles. The summed E-state index contributed by atoms with van der Waals surface area (Å²) in [6.45, 7) is 1.81. The van der Waals surface area contributed by atoms with Crippen LogP contribution in [0.3, 0.4) is 0 Å². The maximum absolute atomic E-state index is 11.0. The van der Waals surface area contributed by atoms with Crippen molar-refractivity contribution in [3.8, 4) is 0 Å². The summed E-state index contributed by atoms with van der Waals surface area (Å²) in [5, 5.41) is 2.64. The summed E-state index contributed by atoms with van der Waals surface area (Å²) < 4.78 is 24.4. The summed E-state index contributed by atoms with van der Waals surface area (Å²) in [4.78, 5) is 10.7. The molecule has 1 amide bonds. The van der Waals surface area contributed by atoms with Gasteiger partial charge in [0.25, 0.3) is 0 Å². The van der Waals surface area contributed by atoms with Crippen molar-refractivity contribution in [2.45, 2.75) is 13.5 Å². The molecule has 0 aliphatic carbocycles. The number of benzene rings is 1. The van der Waals surface area contributed by atoms with E-state index in [1.807, 2.05) is 6.07 Å². The average Bonchev–Trinajstić information content (AvgIpc) is 2.12. The number of rotatable bonds is 4. The van der Waals surface area contributed by atoms with Crippen molar-refractivity contribution in [1.82, 2.24) is 5.32 Å². The quantitative estimate of drug-likeness (QED) is 0.815. The second kappa shape index (κ2) is 4.98. The molecule has 0 radical (unpaired) electrons. The number of amides is 1. The van der Waals surface area contributed by atoms with Gasteiger partial charge >= 0.3 is 0 Å². The fourth-order valence-corrected chi connectivity index (χ4v) is 1.74. The van der Waals surface area contributed by atoms with Crippen molar-refractivity contribution in [3.05, 3.63) is 29.8 Å². The van der Waals surface area contributed by atoms with Gasteiger partial charge in [0.15, 0.2) is 0 Å². The summed E-state index contributed by atoms with van der Waals surface area (Å²) in [6.07, 6.45) is 1.09. The van der Waals surface area contributed by atoms with Gasteiger partial charge in [-0.15, -0.1) is 0 Å². The molecule has 0 fully saturated rings. The van der Waals surface area contributed by atoms with Crippen LogP contribution in [0.4, 0.5) is 5.69 Å². The minimum Gasteiger partial charge on any atom is -0.352 e. The van der Waals surface area contributed by atoms with E-state index in [1.54, 1.807) is 18.2 Å².